The van der Waals surface area contributed by atoms with Crippen LogP contribution in [0.3, 0.4) is 0 Å². The first-order chi connectivity index (χ1) is 8.62. The van der Waals surface area contributed by atoms with E-state index in [0.717, 1.165) is 0 Å². The lowest BCUT2D eigenvalue weighted by Crippen LogP contribution is -2.16. The molecule has 0 aliphatic carbocycles. The van der Waals surface area contributed by atoms with Crippen LogP contribution in [0.5, 0.6) is 17.2 Å². The number of rotatable bonds is 4. The summed E-state index contributed by atoms with van der Waals surface area (Å²) in [7, 11) is 4.07. The Morgan fingerprint density at radius 2 is 1.83 bits per heavy atom. The predicted molar refractivity (Wildman–Crippen MR) is 64.3 cm³/mol. The maximum absolute atomic E-state index is 10.8. The molecule has 18 heavy (non-hydrogen) atoms. The Morgan fingerprint density at radius 3 is 2.28 bits per heavy atom. The summed E-state index contributed by atoms with van der Waals surface area (Å²) in [6.07, 6.45) is 0.686. The smallest absolute Gasteiger partial charge is 0.427 e. The van der Waals surface area contributed by atoms with E-state index in [9.17, 15) is 9.90 Å². The normalized spacial score (nSPS) is 10.2. The molecule has 0 fully saturated rings. The first-order valence-electron chi connectivity index (χ1n) is 4.94. The summed E-state index contributed by atoms with van der Waals surface area (Å²) in [5.41, 5.74) is 2.72. The molecule has 2 N–H and O–H groups in total. The minimum atomic E-state index is -0.677. The second-order valence-electron chi connectivity index (χ2n) is 3.14. The van der Waals surface area contributed by atoms with Crippen LogP contribution in [0.25, 0.3) is 0 Å². The van der Waals surface area contributed by atoms with E-state index in [2.05, 4.69) is 15.3 Å². The predicted octanol–water partition coefficient (Wildman–Crippen LogP) is 1.10. The summed E-state index contributed by atoms with van der Waals surface area (Å²) in [4.78, 5) is 10.8. The van der Waals surface area contributed by atoms with Crippen molar-refractivity contribution < 1.29 is 24.1 Å². The minimum Gasteiger partial charge on any atom is -0.502 e. The molecule has 0 atom stereocenters. The van der Waals surface area contributed by atoms with Gasteiger partial charge in [0.15, 0.2) is 11.5 Å². The number of methoxy groups -OCH3 is 3. The van der Waals surface area contributed by atoms with Crippen LogP contribution in [-0.4, -0.2) is 38.7 Å². The molecule has 0 bridgehead atoms. The molecule has 0 radical (unpaired) electrons. The number of carbonyl (C=O) groups excluding carboxylic acids is 1. The number of hydrazone groups is 1. The Morgan fingerprint density at radius 1 is 1.28 bits per heavy atom. The van der Waals surface area contributed by atoms with Gasteiger partial charge in [0.2, 0.25) is 5.75 Å². The fourth-order valence-electron chi connectivity index (χ4n) is 1.19. The van der Waals surface area contributed by atoms with Gasteiger partial charge in [0.1, 0.15) is 0 Å². The van der Waals surface area contributed by atoms with Crippen molar-refractivity contribution in [3.05, 3.63) is 17.7 Å². The molecule has 0 aromatic heterocycles. The fourth-order valence-corrected chi connectivity index (χ4v) is 1.19. The van der Waals surface area contributed by atoms with E-state index < -0.39 is 6.09 Å². The van der Waals surface area contributed by atoms with Gasteiger partial charge in [-0.2, -0.15) is 5.10 Å². The monoisotopic (exact) mass is 254 g/mol. The summed E-state index contributed by atoms with van der Waals surface area (Å²) in [5.74, 6) is 0.390. The van der Waals surface area contributed by atoms with Crippen LogP contribution < -0.4 is 14.9 Å². The van der Waals surface area contributed by atoms with Gasteiger partial charge in [-0.3, -0.25) is 0 Å². The van der Waals surface area contributed by atoms with Gasteiger partial charge in [-0.15, -0.1) is 0 Å². The van der Waals surface area contributed by atoms with Gasteiger partial charge in [0.25, 0.3) is 0 Å². The summed E-state index contributed by atoms with van der Waals surface area (Å²) < 4.78 is 14.3. The van der Waals surface area contributed by atoms with Crippen LogP contribution in [0.2, 0.25) is 0 Å². The zero-order chi connectivity index (χ0) is 13.5. The van der Waals surface area contributed by atoms with Crippen LogP contribution in [-0.2, 0) is 4.74 Å². The minimum absolute atomic E-state index is 0.0990. The highest BCUT2D eigenvalue weighted by Crippen LogP contribution is 2.36. The standard InChI is InChI=1S/C11H14N2O5/c1-16-8-4-7(5-9(17-2)10(8)14)6-12-13-11(15)18-3/h4-6,14H,1-3H3,(H,13,15)/b12-6+. The Kier molecular flexibility index (Phi) is 4.79. The van der Waals surface area contributed by atoms with Gasteiger partial charge in [-0.1, -0.05) is 0 Å². The summed E-state index contributed by atoms with van der Waals surface area (Å²) >= 11 is 0. The zero-order valence-electron chi connectivity index (χ0n) is 10.3. The lowest BCUT2D eigenvalue weighted by molar-refractivity contribution is 0.171. The molecule has 0 saturated heterocycles. The lowest BCUT2D eigenvalue weighted by atomic mass is 10.2. The van der Waals surface area contributed by atoms with Crippen molar-refractivity contribution in [3.63, 3.8) is 0 Å². The van der Waals surface area contributed by atoms with E-state index in [1.165, 1.54) is 27.5 Å². The number of nitrogens with zero attached hydrogens (tertiary/aromatic N) is 1. The van der Waals surface area contributed by atoms with Crippen molar-refractivity contribution in [1.29, 1.82) is 0 Å². The Labute approximate surface area is 104 Å². The SMILES string of the molecule is COC(=O)N/N=C/c1cc(OC)c(O)c(OC)c1. The second kappa shape index (κ2) is 6.33. The number of phenols is 1. The average Bonchev–Trinajstić information content (AvgIpc) is 2.39. The molecule has 1 rings (SSSR count). The Balaban J connectivity index is 2.92. The van der Waals surface area contributed by atoms with E-state index in [0.29, 0.717) is 5.56 Å². The summed E-state index contributed by atoms with van der Waals surface area (Å²) in [5, 5.41) is 13.3. The van der Waals surface area contributed by atoms with Gasteiger partial charge < -0.3 is 19.3 Å². The molecular weight excluding hydrogens is 240 g/mol. The van der Waals surface area contributed by atoms with E-state index in [1.807, 2.05) is 0 Å². The molecule has 0 saturated carbocycles. The first kappa shape index (κ1) is 13.6. The van der Waals surface area contributed by atoms with Crippen LogP contribution >= 0.6 is 0 Å². The number of hydrogen-bond acceptors (Lipinski definition) is 6. The van der Waals surface area contributed by atoms with Gasteiger partial charge in [0, 0.05) is 5.56 Å². The second-order valence-corrected chi connectivity index (χ2v) is 3.14. The van der Waals surface area contributed by atoms with Crippen molar-refractivity contribution in [2.45, 2.75) is 0 Å². The number of benzene rings is 1. The molecule has 0 heterocycles. The third-order valence-corrected chi connectivity index (χ3v) is 2.06. The molecule has 1 aromatic carbocycles. The molecule has 1 aromatic rings. The molecule has 7 heteroatoms. The van der Waals surface area contributed by atoms with E-state index in [4.69, 9.17) is 9.47 Å². The third-order valence-electron chi connectivity index (χ3n) is 2.06. The van der Waals surface area contributed by atoms with E-state index >= 15 is 0 Å². The first-order valence-corrected chi connectivity index (χ1v) is 4.94. The van der Waals surface area contributed by atoms with Crippen LogP contribution in [0, 0.1) is 0 Å². The number of amides is 1. The third kappa shape index (κ3) is 3.27. The van der Waals surface area contributed by atoms with Gasteiger partial charge >= 0.3 is 6.09 Å². The number of phenolic OH excluding ortho intramolecular Hbond substituents is 1. The van der Waals surface area contributed by atoms with E-state index in [-0.39, 0.29) is 17.2 Å². The number of nitrogens with one attached hydrogen (secondary N) is 1. The topological polar surface area (TPSA) is 89.4 Å². The van der Waals surface area contributed by atoms with Crippen molar-refractivity contribution in [3.8, 4) is 17.2 Å². The number of hydrogen-bond donors (Lipinski definition) is 2. The molecule has 98 valence electrons. The maximum Gasteiger partial charge on any atom is 0.427 e. The Hall–Kier alpha value is -2.44. The fraction of sp³-hybridized carbons (Fsp3) is 0.273. The maximum atomic E-state index is 10.8. The molecular formula is C11H14N2O5. The largest absolute Gasteiger partial charge is 0.502 e. The van der Waals surface area contributed by atoms with Crippen molar-refractivity contribution in [1.82, 2.24) is 5.43 Å². The molecule has 7 nitrogen and oxygen atoms in total. The highest BCUT2D eigenvalue weighted by atomic mass is 16.5. The molecule has 0 aliphatic rings. The summed E-state index contributed by atoms with van der Waals surface area (Å²) in [6, 6.07) is 3.08. The molecule has 1 amide bonds. The number of aromatic hydroxyl groups is 1. The van der Waals surface area contributed by atoms with Crippen LogP contribution in [0.15, 0.2) is 17.2 Å². The van der Waals surface area contributed by atoms with Crippen molar-refractivity contribution in [2.75, 3.05) is 21.3 Å². The van der Waals surface area contributed by atoms with Crippen LogP contribution in [0.4, 0.5) is 4.79 Å². The summed E-state index contributed by atoms with van der Waals surface area (Å²) in [6.45, 7) is 0. The lowest BCUT2D eigenvalue weighted by Gasteiger charge is -2.09. The zero-order valence-corrected chi connectivity index (χ0v) is 10.3. The van der Waals surface area contributed by atoms with E-state index in [1.54, 1.807) is 12.1 Å². The van der Waals surface area contributed by atoms with Gasteiger partial charge in [0.05, 0.1) is 27.5 Å². The highest BCUT2D eigenvalue weighted by molar-refractivity contribution is 5.83. The molecule has 0 aliphatic heterocycles. The number of ether oxygens (including phenoxy) is 3. The highest BCUT2D eigenvalue weighted by Gasteiger charge is 2.10. The van der Waals surface area contributed by atoms with Gasteiger partial charge in [-0.05, 0) is 12.1 Å². The van der Waals surface area contributed by atoms with Gasteiger partial charge in [-0.25, -0.2) is 10.2 Å². The Bertz CT molecular complexity index is 434. The average molecular weight is 254 g/mol. The molecule has 0 spiro atoms. The number of carbonyl (C=O) groups is 1. The van der Waals surface area contributed by atoms with Crippen LogP contribution in [0.1, 0.15) is 5.56 Å². The quantitative estimate of drug-likeness (QED) is 0.620. The molecule has 0 unspecified atom stereocenters. The van der Waals surface area contributed by atoms with Crippen molar-refractivity contribution in [2.24, 2.45) is 5.10 Å². The van der Waals surface area contributed by atoms with Crippen molar-refractivity contribution >= 4 is 12.3 Å².